The summed E-state index contributed by atoms with van der Waals surface area (Å²) in [5.41, 5.74) is 2.34. The number of fused-ring (bicyclic) bond motifs is 1. The Bertz CT molecular complexity index is 730. The van der Waals surface area contributed by atoms with E-state index < -0.39 is 11.6 Å². The second-order valence-electron chi connectivity index (χ2n) is 4.97. The molecule has 2 nitrogen and oxygen atoms in total. The number of hydrogen-bond acceptors (Lipinski definition) is 2. The molecule has 1 N–H and O–H groups in total. The van der Waals surface area contributed by atoms with Gasteiger partial charge in [-0.1, -0.05) is 12.1 Å². The summed E-state index contributed by atoms with van der Waals surface area (Å²) in [6, 6.07) is 7.79. The van der Waals surface area contributed by atoms with Gasteiger partial charge >= 0.3 is 0 Å². The maximum Gasteiger partial charge on any atom is 0.167 e. The molecule has 0 radical (unpaired) electrons. The molecule has 0 spiro atoms. The number of nitrogens with one attached hydrogen (secondary N) is 1. The molecule has 0 bridgehead atoms. The first-order valence-electron chi connectivity index (χ1n) is 6.58. The molecule has 2 aromatic rings. The molecule has 0 amide bonds. The van der Waals surface area contributed by atoms with E-state index in [1.54, 1.807) is 12.1 Å². The maximum absolute atomic E-state index is 13.9. The third-order valence-corrected chi connectivity index (χ3v) is 4.23. The van der Waals surface area contributed by atoms with Crippen molar-refractivity contribution in [2.75, 3.05) is 11.9 Å². The summed E-state index contributed by atoms with van der Waals surface area (Å²) in [4.78, 5) is 12.3. The van der Waals surface area contributed by atoms with Crippen LogP contribution in [-0.4, -0.2) is 12.3 Å². The summed E-state index contributed by atoms with van der Waals surface area (Å²) in [5, 5.41) is 3.18. The van der Waals surface area contributed by atoms with Gasteiger partial charge in [-0.25, -0.2) is 8.78 Å². The monoisotopic (exact) mass is 351 g/mol. The van der Waals surface area contributed by atoms with Crippen molar-refractivity contribution in [3.8, 4) is 0 Å². The summed E-state index contributed by atoms with van der Waals surface area (Å²) >= 11 is 3.00. The van der Waals surface area contributed by atoms with Gasteiger partial charge in [0.05, 0.1) is 4.47 Å². The minimum absolute atomic E-state index is 0.155. The van der Waals surface area contributed by atoms with Gasteiger partial charge in [0.15, 0.2) is 5.78 Å². The van der Waals surface area contributed by atoms with Gasteiger partial charge in [0.1, 0.15) is 11.6 Å². The lowest BCUT2D eigenvalue weighted by molar-refractivity contribution is 0.0990. The summed E-state index contributed by atoms with van der Waals surface area (Å²) in [6.07, 6.45) is 0.634. The van der Waals surface area contributed by atoms with Crippen LogP contribution in [0.4, 0.5) is 14.5 Å². The largest absolute Gasteiger partial charge is 0.384 e. The highest BCUT2D eigenvalue weighted by atomic mass is 79.9. The highest BCUT2D eigenvalue weighted by Crippen LogP contribution is 2.26. The van der Waals surface area contributed by atoms with Gasteiger partial charge in [0.2, 0.25) is 0 Å². The Morgan fingerprint density at radius 1 is 1.24 bits per heavy atom. The lowest BCUT2D eigenvalue weighted by Gasteiger charge is -2.07. The van der Waals surface area contributed by atoms with Crippen molar-refractivity contribution >= 4 is 27.4 Å². The molecule has 1 aliphatic heterocycles. The molecule has 2 aromatic carbocycles. The van der Waals surface area contributed by atoms with Crippen molar-refractivity contribution in [1.29, 1.82) is 0 Å². The summed E-state index contributed by atoms with van der Waals surface area (Å²) in [6.45, 7) is 0.849. The van der Waals surface area contributed by atoms with Crippen LogP contribution in [0.5, 0.6) is 0 Å². The summed E-state index contributed by atoms with van der Waals surface area (Å²) in [7, 11) is 0. The maximum atomic E-state index is 13.9. The second kappa shape index (κ2) is 5.56. The van der Waals surface area contributed by atoms with Crippen LogP contribution in [0, 0.1) is 11.6 Å². The van der Waals surface area contributed by atoms with Gasteiger partial charge in [-0.3, -0.25) is 4.79 Å². The Labute approximate surface area is 129 Å². The van der Waals surface area contributed by atoms with Crippen LogP contribution in [-0.2, 0) is 12.8 Å². The molecule has 5 heteroatoms. The third-order valence-electron chi connectivity index (χ3n) is 3.62. The van der Waals surface area contributed by atoms with Gasteiger partial charge in [0, 0.05) is 29.8 Å². The predicted molar refractivity (Wildman–Crippen MR) is 80.7 cm³/mol. The molecule has 0 saturated heterocycles. The minimum Gasteiger partial charge on any atom is -0.384 e. The van der Waals surface area contributed by atoms with Gasteiger partial charge in [0.25, 0.3) is 0 Å². The van der Waals surface area contributed by atoms with E-state index in [9.17, 15) is 13.6 Å². The van der Waals surface area contributed by atoms with E-state index in [-0.39, 0.29) is 22.2 Å². The molecule has 1 heterocycles. The number of carbonyl (C=O) groups excluding carboxylic acids is 1. The van der Waals surface area contributed by atoms with Crippen molar-refractivity contribution in [2.24, 2.45) is 0 Å². The minimum atomic E-state index is -0.720. The topological polar surface area (TPSA) is 29.1 Å². The zero-order chi connectivity index (χ0) is 15.0. The van der Waals surface area contributed by atoms with Crippen molar-refractivity contribution in [1.82, 2.24) is 0 Å². The number of carbonyl (C=O) groups is 1. The average molecular weight is 352 g/mol. The van der Waals surface area contributed by atoms with E-state index >= 15 is 0 Å². The first-order valence-corrected chi connectivity index (χ1v) is 7.38. The van der Waals surface area contributed by atoms with Crippen molar-refractivity contribution in [3.63, 3.8) is 0 Å². The fraction of sp³-hybridized carbons (Fsp3) is 0.188. The molecular weight excluding hydrogens is 340 g/mol. The van der Waals surface area contributed by atoms with Crippen LogP contribution >= 0.6 is 15.9 Å². The predicted octanol–water partition coefficient (Wildman–Crippen LogP) is 4.12. The van der Waals surface area contributed by atoms with Gasteiger partial charge in [-0.15, -0.1) is 0 Å². The van der Waals surface area contributed by atoms with Gasteiger partial charge in [-0.2, -0.15) is 0 Å². The number of halogens is 3. The molecule has 3 rings (SSSR count). The highest BCUT2D eigenvalue weighted by molar-refractivity contribution is 9.10. The van der Waals surface area contributed by atoms with E-state index in [0.717, 1.165) is 30.3 Å². The average Bonchev–Trinajstić information content (AvgIpc) is 2.94. The van der Waals surface area contributed by atoms with Crippen LogP contribution in [0.25, 0.3) is 0 Å². The van der Waals surface area contributed by atoms with Crippen LogP contribution < -0.4 is 5.32 Å². The molecule has 0 aliphatic carbocycles. The van der Waals surface area contributed by atoms with E-state index in [1.807, 2.05) is 6.07 Å². The Hall–Kier alpha value is -1.75. The number of benzene rings is 2. The summed E-state index contributed by atoms with van der Waals surface area (Å²) in [5.74, 6) is -1.73. The van der Waals surface area contributed by atoms with E-state index in [4.69, 9.17) is 0 Å². The fourth-order valence-corrected chi connectivity index (χ4v) is 2.83. The smallest absolute Gasteiger partial charge is 0.167 e. The second-order valence-corrected chi connectivity index (χ2v) is 5.82. The molecule has 0 aromatic heterocycles. The first kappa shape index (κ1) is 14.2. The fourth-order valence-electron chi connectivity index (χ4n) is 2.46. The molecular formula is C16H12BrF2NO. The Morgan fingerprint density at radius 2 is 2.05 bits per heavy atom. The third kappa shape index (κ3) is 2.70. The standard InChI is InChI=1S/C16H12BrF2NO/c17-12-3-4-13(18)11(16(12)19)8-15(21)10-2-1-9-5-6-20-14(9)7-10/h1-4,7,20H,5-6,8H2. The van der Waals surface area contributed by atoms with Crippen molar-refractivity contribution in [3.05, 3.63) is 63.1 Å². The molecule has 0 saturated carbocycles. The molecule has 0 fully saturated rings. The van der Waals surface area contributed by atoms with E-state index in [0.29, 0.717) is 5.56 Å². The molecule has 0 unspecified atom stereocenters. The van der Waals surface area contributed by atoms with E-state index in [2.05, 4.69) is 21.2 Å². The zero-order valence-corrected chi connectivity index (χ0v) is 12.6. The van der Waals surface area contributed by atoms with Crippen molar-refractivity contribution < 1.29 is 13.6 Å². The molecule has 108 valence electrons. The van der Waals surface area contributed by atoms with E-state index in [1.165, 1.54) is 6.07 Å². The Kier molecular flexibility index (Phi) is 3.76. The molecule has 0 atom stereocenters. The lowest BCUT2D eigenvalue weighted by Crippen LogP contribution is -2.08. The van der Waals surface area contributed by atoms with Crippen LogP contribution in [0.3, 0.4) is 0 Å². The van der Waals surface area contributed by atoms with Gasteiger partial charge < -0.3 is 5.32 Å². The number of rotatable bonds is 3. The summed E-state index contributed by atoms with van der Waals surface area (Å²) < 4.78 is 27.8. The Morgan fingerprint density at radius 3 is 2.86 bits per heavy atom. The molecule has 1 aliphatic rings. The SMILES string of the molecule is O=C(Cc1c(F)ccc(Br)c1F)c1ccc2c(c1)NCC2. The lowest BCUT2D eigenvalue weighted by atomic mass is 10.00. The molecule has 21 heavy (non-hydrogen) atoms. The number of hydrogen-bond donors (Lipinski definition) is 1. The van der Waals surface area contributed by atoms with Crippen LogP contribution in [0.2, 0.25) is 0 Å². The number of ketones is 1. The zero-order valence-electron chi connectivity index (χ0n) is 11.1. The highest BCUT2D eigenvalue weighted by Gasteiger charge is 2.18. The van der Waals surface area contributed by atoms with Crippen LogP contribution in [0.1, 0.15) is 21.5 Å². The number of anilines is 1. The first-order chi connectivity index (χ1) is 10.1. The Balaban J connectivity index is 1.89. The van der Waals surface area contributed by atoms with Crippen LogP contribution in [0.15, 0.2) is 34.8 Å². The van der Waals surface area contributed by atoms with Gasteiger partial charge in [-0.05, 0) is 46.1 Å². The number of Topliss-reactive ketones (excluding diaryl/α,β-unsaturated/α-hetero) is 1. The van der Waals surface area contributed by atoms with Crippen molar-refractivity contribution in [2.45, 2.75) is 12.8 Å². The normalized spacial score (nSPS) is 12.9. The quantitative estimate of drug-likeness (QED) is 0.665.